The Morgan fingerprint density at radius 2 is 1.90 bits per heavy atom. The number of alkyl halides is 3. The van der Waals surface area contributed by atoms with Crippen molar-refractivity contribution in [3.05, 3.63) is 47.5 Å². The number of thiazole rings is 1. The van der Waals surface area contributed by atoms with E-state index in [0.29, 0.717) is 0 Å². The molecule has 0 saturated carbocycles. The number of carbonyl (C=O) groups is 2. The van der Waals surface area contributed by atoms with Gasteiger partial charge in [0.25, 0.3) is 0 Å². The number of nitrogens with one attached hydrogen (secondary N) is 1. The lowest BCUT2D eigenvalue weighted by Crippen LogP contribution is -2.84. The van der Waals surface area contributed by atoms with Gasteiger partial charge < -0.3 is 20.5 Å². The molecular formula is C20H18F3N3O3S. The third-order valence-corrected chi connectivity index (χ3v) is 5.46. The fourth-order valence-corrected chi connectivity index (χ4v) is 4.08. The number of para-hydroxylation sites is 1. The molecule has 3 N–H and O–H groups in total. The van der Waals surface area contributed by atoms with E-state index in [-0.39, 0.29) is 5.91 Å². The largest absolute Gasteiger partial charge is 0.542 e. The van der Waals surface area contributed by atoms with Crippen molar-refractivity contribution in [2.75, 3.05) is 11.9 Å². The number of rotatable bonds is 2. The van der Waals surface area contributed by atoms with Gasteiger partial charge in [0.2, 0.25) is 5.91 Å². The van der Waals surface area contributed by atoms with E-state index in [1.165, 1.54) is 15.8 Å². The summed E-state index contributed by atoms with van der Waals surface area (Å²) < 4.78 is 32.7. The number of fused-ring (bicyclic) bond motifs is 2. The summed E-state index contributed by atoms with van der Waals surface area (Å²) in [5.74, 6) is -3.05. The maximum Gasteiger partial charge on any atom is 0.430 e. The van der Waals surface area contributed by atoms with Gasteiger partial charge in [0.05, 0.1) is 22.4 Å². The van der Waals surface area contributed by atoms with E-state index < -0.39 is 12.1 Å². The number of carboxylic acids is 1. The number of carboxylic acid groups (broad SMARTS) is 1. The number of aliphatic carboxylic acids is 1. The molecule has 4 rings (SSSR count). The first kappa shape index (κ1) is 21.7. The maximum atomic E-state index is 11.6. The molecule has 158 valence electrons. The molecule has 2 heterocycles. The minimum atomic E-state index is -5.19. The van der Waals surface area contributed by atoms with E-state index in [9.17, 15) is 18.0 Å². The minimum Gasteiger partial charge on any atom is -0.542 e. The minimum absolute atomic E-state index is 0.0466. The zero-order valence-electron chi connectivity index (χ0n) is 15.9. The van der Waals surface area contributed by atoms with E-state index in [0.717, 1.165) is 41.3 Å². The fraction of sp³-hybridized carbons (Fsp3) is 0.250. The number of amides is 1. The highest BCUT2D eigenvalue weighted by Crippen LogP contribution is 2.36. The Labute approximate surface area is 173 Å². The van der Waals surface area contributed by atoms with Gasteiger partial charge in [-0.05, 0) is 29.8 Å². The Balaban J connectivity index is 0.000000318. The number of hydrogen-bond donors (Lipinski definition) is 2. The molecule has 0 spiro atoms. The Morgan fingerprint density at radius 3 is 2.53 bits per heavy atom. The van der Waals surface area contributed by atoms with E-state index in [4.69, 9.17) is 14.9 Å². The molecule has 6 nitrogen and oxygen atoms in total. The lowest BCUT2D eigenvalue weighted by molar-refractivity contribution is -0.673. The Kier molecular flexibility index (Phi) is 6.37. The average molecular weight is 437 g/mol. The molecule has 1 aliphatic rings. The zero-order chi connectivity index (χ0) is 21.9. The van der Waals surface area contributed by atoms with Gasteiger partial charge >= 0.3 is 6.18 Å². The summed E-state index contributed by atoms with van der Waals surface area (Å²) in [5.41, 5.74) is 5.58. The number of halogens is 3. The molecule has 0 bridgehead atoms. The van der Waals surface area contributed by atoms with Gasteiger partial charge in [0.15, 0.2) is 0 Å². The molecule has 1 aliphatic heterocycles. The normalized spacial score (nSPS) is 13.2. The molecule has 0 aliphatic carbocycles. The summed E-state index contributed by atoms with van der Waals surface area (Å²) in [5, 5.41) is 15.1. The molecule has 2 aromatic carbocycles. The molecular weight excluding hydrogens is 419 g/mol. The second-order valence-electron chi connectivity index (χ2n) is 6.65. The van der Waals surface area contributed by atoms with E-state index in [2.05, 4.69) is 28.8 Å². The molecule has 0 radical (unpaired) electrons. The molecule has 0 saturated heterocycles. The summed E-state index contributed by atoms with van der Waals surface area (Å²) in [4.78, 5) is 25.1. The lowest BCUT2D eigenvalue weighted by atomic mass is 9.97. The van der Waals surface area contributed by atoms with Crippen LogP contribution in [-0.2, 0) is 22.6 Å². The summed E-state index contributed by atoms with van der Waals surface area (Å²) in [6.07, 6.45) is -4.15. The number of aromatic nitrogens is 1. The molecule has 1 amide bonds. The SMILES string of the molecule is CC(=O)Nc1cc2c(cc1-c1nc3ccccc3s1)C[NH2+]CC2.O=C([O-])C(F)(F)F. The van der Waals surface area contributed by atoms with E-state index in [1.54, 1.807) is 18.3 Å². The van der Waals surface area contributed by atoms with Crippen LogP contribution in [0.25, 0.3) is 20.8 Å². The van der Waals surface area contributed by atoms with Crippen molar-refractivity contribution in [1.82, 2.24) is 4.98 Å². The third-order valence-electron chi connectivity index (χ3n) is 4.39. The van der Waals surface area contributed by atoms with E-state index in [1.807, 2.05) is 18.2 Å². The molecule has 3 aromatic rings. The van der Waals surface area contributed by atoms with Crippen molar-refractivity contribution >= 4 is 39.1 Å². The Bertz CT molecular complexity index is 1060. The van der Waals surface area contributed by atoms with Crippen molar-refractivity contribution in [3.8, 4) is 10.6 Å². The number of anilines is 1. The lowest BCUT2D eigenvalue weighted by Gasteiger charge is -2.18. The van der Waals surface area contributed by atoms with Crippen LogP contribution >= 0.6 is 11.3 Å². The maximum absolute atomic E-state index is 11.6. The van der Waals surface area contributed by atoms with Crippen molar-refractivity contribution in [2.45, 2.75) is 26.1 Å². The molecule has 10 heteroatoms. The number of hydrogen-bond acceptors (Lipinski definition) is 5. The summed E-state index contributed by atoms with van der Waals surface area (Å²) >= 11 is 1.67. The predicted molar refractivity (Wildman–Crippen MR) is 105 cm³/mol. The van der Waals surface area contributed by atoms with Crippen LogP contribution < -0.4 is 15.7 Å². The highest BCUT2D eigenvalue weighted by molar-refractivity contribution is 7.21. The third kappa shape index (κ3) is 5.14. The monoisotopic (exact) mass is 437 g/mol. The molecule has 0 fully saturated rings. The standard InChI is InChI=1S/C18H17N3OS.C2HF3O2/c1-11(22)20-16-9-12-6-7-19-10-13(12)8-14(16)18-21-15-4-2-3-5-17(15)23-18;3-2(4,5)1(6)7/h2-5,8-9,19H,6-7,10H2,1H3,(H,20,22);(H,6,7). The van der Waals surface area contributed by atoms with Crippen LogP contribution in [0.1, 0.15) is 18.1 Å². The first-order chi connectivity index (χ1) is 14.1. The van der Waals surface area contributed by atoms with Gasteiger partial charge in [0.1, 0.15) is 17.5 Å². The van der Waals surface area contributed by atoms with Crippen LogP contribution in [0, 0.1) is 0 Å². The highest BCUT2D eigenvalue weighted by Gasteiger charge is 2.28. The van der Waals surface area contributed by atoms with Crippen LogP contribution in [0.4, 0.5) is 18.9 Å². The summed E-state index contributed by atoms with van der Waals surface area (Å²) in [6.45, 7) is 3.65. The Morgan fingerprint density at radius 1 is 1.20 bits per heavy atom. The summed E-state index contributed by atoms with van der Waals surface area (Å²) in [6, 6.07) is 12.5. The first-order valence-corrected chi connectivity index (χ1v) is 9.86. The van der Waals surface area contributed by atoms with Crippen LogP contribution in [0.15, 0.2) is 36.4 Å². The molecule has 30 heavy (non-hydrogen) atoms. The van der Waals surface area contributed by atoms with Gasteiger partial charge in [-0.25, -0.2) is 4.98 Å². The van der Waals surface area contributed by atoms with Gasteiger partial charge in [-0.2, -0.15) is 13.2 Å². The van der Waals surface area contributed by atoms with Gasteiger partial charge in [-0.1, -0.05) is 12.1 Å². The van der Waals surface area contributed by atoms with Gasteiger partial charge in [0, 0.05) is 24.5 Å². The average Bonchev–Trinajstić information content (AvgIpc) is 3.10. The first-order valence-electron chi connectivity index (χ1n) is 9.04. The van der Waals surface area contributed by atoms with E-state index >= 15 is 0 Å². The van der Waals surface area contributed by atoms with Crippen molar-refractivity contribution in [2.24, 2.45) is 0 Å². The number of carbonyl (C=O) groups excluding carboxylic acids is 2. The topological polar surface area (TPSA) is 98.7 Å². The molecule has 0 atom stereocenters. The number of quaternary nitrogens is 1. The smallest absolute Gasteiger partial charge is 0.430 e. The van der Waals surface area contributed by atoms with Gasteiger partial charge in [-0.15, -0.1) is 11.3 Å². The number of nitrogens with two attached hydrogens (primary N) is 1. The van der Waals surface area contributed by atoms with Crippen molar-refractivity contribution < 1.29 is 33.2 Å². The quantitative estimate of drug-likeness (QED) is 0.639. The van der Waals surface area contributed by atoms with Crippen molar-refractivity contribution in [3.63, 3.8) is 0 Å². The van der Waals surface area contributed by atoms with Crippen molar-refractivity contribution in [1.29, 1.82) is 0 Å². The second kappa shape index (κ2) is 8.80. The second-order valence-corrected chi connectivity index (χ2v) is 7.68. The Hall–Kier alpha value is -2.98. The molecule has 0 unspecified atom stereocenters. The van der Waals surface area contributed by atoms with Crippen LogP contribution in [0.5, 0.6) is 0 Å². The van der Waals surface area contributed by atoms with Crippen LogP contribution in [-0.4, -0.2) is 29.6 Å². The number of benzene rings is 2. The summed E-state index contributed by atoms with van der Waals surface area (Å²) in [7, 11) is 0. The number of nitrogens with zero attached hydrogens (tertiary/aromatic N) is 1. The predicted octanol–water partition coefficient (Wildman–Crippen LogP) is 1.84. The van der Waals surface area contributed by atoms with Crippen LogP contribution in [0.2, 0.25) is 0 Å². The van der Waals surface area contributed by atoms with Gasteiger partial charge in [-0.3, -0.25) is 4.79 Å². The zero-order valence-corrected chi connectivity index (χ0v) is 16.7. The highest BCUT2D eigenvalue weighted by atomic mass is 32.1. The molecule has 1 aromatic heterocycles. The van der Waals surface area contributed by atoms with Crippen LogP contribution in [0.3, 0.4) is 0 Å². The fourth-order valence-electron chi connectivity index (χ4n) is 3.08.